The van der Waals surface area contributed by atoms with Gasteiger partial charge in [-0.3, -0.25) is 0 Å². The maximum atomic E-state index is 6.06. The normalized spacial score (nSPS) is 12.8. The van der Waals surface area contributed by atoms with Crippen LogP contribution < -0.4 is 9.47 Å². The smallest absolute Gasteiger partial charge is 0.245 e. The van der Waals surface area contributed by atoms with Crippen LogP contribution in [0.3, 0.4) is 0 Å². The van der Waals surface area contributed by atoms with E-state index in [4.69, 9.17) is 9.47 Å². The Morgan fingerprint density at radius 2 is 1.33 bits per heavy atom. The third-order valence-corrected chi connectivity index (χ3v) is 3.27. The number of rotatable bonds is 5. The molecule has 2 rings (SSSR count). The minimum atomic E-state index is -0.340. The molecule has 0 heterocycles. The van der Waals surface area contributed by atoms with E-state index in [2.05, 4.69) is 39.8 Å². The van der Waals surface area contributed by atoms with Gasteiger partial charge in [-0.2, -0.15) is 0 Å². The fourth-order valence-corrected chi connectivity index (χ4v) is 1.93. The molecule has 2 nitrogen and oxygen atoms in total. The van der Waals surface area contributed by atoms with Crippen LogP contribution in [0.15, 0.2) is 54.6 Å². The number of hydrogen-bond donors (Lipinski definition) is 0. The van der Waals surface area contributed by atoms with E-state index in [1.54, 1.807) is 0 Å². The molecular weight excluding hydrogens is 260 g/mol. The van der Waals surface area contributed by atoms with Crippen molar-refractivity contribution >= 4 is 0 Å². The summed E-state index contributed by atoms with van der Waals surface area (Å²) in [6, 6.07) is 18.0. The molecule has 0 spiro atoms. The van der Waals surface area contributed by atoms with Crippen LogP contribution in [0.5, 0.6) is 11.5 Å². The molecule has 1 atom stereocenters. The van der Waals surface area contributed by atoms with Gasteiger partial charge in [0, 0.05) is 5.41 Å². The molecule has 1 unspecified atom stereocenters. The first-order chi connectivity index (χ1) is 9.99. The van der Waals surface area contributed by atoms with E-state index in [-0.39, 0.29) is 11.7 Å². The third kappa shape index (κ3) is 4.52. The summed E-state index contributed by atoms with van der Waals surface area (Å²) in [5.41, 5.74) is 1.18. The van der Waals surface area contributed by atoms with Crippen molar-refractivity contribution < 1.29 is 9.47 Å². The van der Waals surface area contributed by atoms with Crippen molar-refractivity contribution in [1.29, 1.82) is 0 Å². The number of ether oxygens (including phenoxy) is 2. The van der Waals surface area contributed by atoms with E-state index in [0.717, 1.165) is 17.9 Å². The van der Waals surface area contributed by atoms with Crippen LogP contribution in [-0.4, -0.2) is 6.29 Å². The summed E-state index contributed by atoms with van der Waals surface area (Å²) >= 11 is 0. The highest BCUT2D eigenvalue weighted by Gasteiger charge is 2.28. The van der Waals surface area contributed by atoms with Crippen molar-refractivity contribution in [3.8, 4) is 11.5 Å². The summed E-state index contributed by atoms with van der Waals surface area (Å²) in [6.07, 6.45) is 0.691. The van der Waals surface area contributed by atoms with Crippen LogP contribution in [0.1, 0.15) is 33.3 Å². The van der Waals surface area contributed by atoms with Gasteiger partial charge in [0.15, 0.2) is 0 Å². The van der Waals surface area contributed by atoms with Gasteiger partial charge >= 0.3 is 0 Å². The predicted octanol–water partition coefficient (Wildman–Crippen LogP) is 5.08. The van der Waals surface area contributed by atoms with Gasteiger partial charge in [0.05, 0.1) is 0 Å². The molecule has 0 amide bonds. The molecule has 21 heavy (non-hydrogen) atoms. The number of hydrogen-bond acceptors (Lipinski definition) is 2. The molecule has 0 N–H and O–H groups in total. The van der Waals surface area contributed by atoms with Crippen LogP contribution in [-0.2, 0) is 6.42 Å². The molecule has 0 saturated carbocycles. The Hall–Kier alpha value is -1.96. The standard InChI is InChI=1S/C19H24O2/c1-5-15-11-13-17(14-12-15)21-18(19(2,3)4)20-16-9-7-6-8-10-16/h6-14,18H,5H2,1-4H3. The highest BCUT2D eigenvalue weighted by molar-refractivity contribution is 5.28. The van der Waals surface area contributed by atoms with Crippen molar-refractivity contribution in [1.82, 2.24) is 0 Å². The zero-order chi connectivity index (χ0) is 15.3. The van der Waals surface area contributed by atoms with Crippen LogP contribution in [0.4, 0.5) is 0 Å². The largest absolute Gasteiger partial charge is 0.454 e. The Balaban J connectivity index is 2.13. The number of para-hydroxylation sites is 1. The lowest BCUT2D eigenvalue weighted by Gasteiger charge is -2.31. The van der Waals surface area contributed by atoms with E-state index in [1.165, 1.54) is 5.56 Å². The van der Waals surface area contributed by atoms with Gasteiger partial charge < -0.3 is 9.47 Å². The van der Waals surface area contributed by atoms with Crippen molar-refractivity contribution in [2.45, 2.75) is 40.4 Å². The van der Waals surface area contributed by atoms with Crippen LogP contribution >= 0.6 is 0 Å². The molecule has 0 bridgehead atoms. The topological polar surface area (TPSA) is 18.5 Å². The maximum absolute atomic E-state index is 6.06. The Kier molecular flexibility index (Phi) is 4.89. The van der Waals surface area contributed by atoms with E-state index < -0.39 is 0 Å². The fraction of sp³-hybridized carbons (Fsp3) is 0.368. The molecule has 2 aromatic rings. The molecule has 0 radical (unpaired) electrons. The van der Waals surface area contributed by atoms with E-state index in [0.29, 0.717) is 0 Å². The van der Waals surface area contributed by atoms with Gasteiger partial charge in [-0.1, -0.05) is 58.0 Å². The molecule has 0 aromatic heterocycles. The number of benzene rings is 2. The average Bonchev–Trinajstić information content (AvgIpc) is 2.47. The Morgan fingerprint density at radius 3 is 1.81 bits per heavy atom. The van der Waals surface area contributed by atoms with Crippen molar-refractivity contribution in [2.75, 3.05) is 0 Å². The first-order valence-electron chi connectivity index (χ1n) is 7.46. The zero-order valence-corrected chi connectivity index (χ0v) is 13.3. The van der Waals surface area contributed by atoms with Gasteiger partial charge in [-0.15, -0.1) is 0 Å². The molecule has 0 aliphatic carbocycles. The van der Waals surface area contributed by atoms with E-state index >= 15 is 0 Å². The first kappa shape index (κ1) is 15.4. The van der Waals surface area contributed by atoms with Gasteiger partial charge in [-0.25, -0.2) is 0 Å². The first-order valence-corrected chi connectivity index (χ1v) is 7.46. The Labute approximate surface area is 127 Å². The molecule has 0 aliphatic heterocycles. The summed E-state index contributed by atoms with van der Waals surface area (Å²) in [4.78, 5) is 0. The molecular formula is C19H24O2. The quantitative estimate of drug-likeness (QED) is 0.713. The minimum absolute atomic E-state index is 0.126. The van der Waals surface area contributed by atoms with Crippen LogP contribution in [0.2, 0.25) is 0 Å². The molecule has 2 aromatic carbocycles. The second-order valence-electron chi connectivity index (χ2n) is 6.24. The molecule has 0 saturated heterocycles. The van der Waals surface area contributed by atoms with Crippen molar-refractivity contribution in [3.05, 3.63) is 60.2 Å². The highest BCUT2D eigenvalue weighted by atomic mass is 16.7. The van der Waals surface area contributed by atoms with E-state index in [1.807, 2.05) is 42.5 Å². The SMILES string of the molecule is CCc1ccc(OC(Oc2ccccc2)C(C)(C)C)cc1. The lowest BCUT2D eigenvalue weighted by molar-refractivity contribution is -0.0727. The van der Waals surface area contributed by atoms with Crippen LogP contribution in [0.25, 0.3) is 0 Å². The predicted molar refractivity (Wildman–Crippen MR) is 86.8 cm³/mol. The van der Waals surface area contributed by atoms with E-state index in [9.17, 15) is 0 Å². The van der Waals surface area contributed by atoms with Gasteiger partial charge in [0.2, 0.25) is 6.29 Å². The second-order valence-corrected chi connectivity index (χ2v) is 6.24. The monoisotopic (exact) mass is 284 g/mol. The average molecular weight is 284 g/mol. The lowest BCUT2D eigenvalue weighted by Crippen LogP contribution is -2.37. The third-order valence-electron chi connectivity index (χ3n) is 3.27. The molecule has 0 fully saturated rings. The zero-order valence-electron chi connectivity index (χ0n) is 13.3. The Morgan fingerprint density at radius 1 is 0.810 bits per heavy atom. The summed E-state index contributed by atoms with van der Waals surface area (Å²) in [6.45, 7) is 8.48. The highest BCUT2D eigenvalue weighted by Crippen LogP contribution is 2.27. The molecule has 2 heteroatoms. The van der Waals surface area contributed by atoms with Gasteiger partial charge in [-0.05, 0) is 36.2 Å². The molecule has 112 valence electrons. The summed E-state index contributed by atoms with van der Waals surface area (Å²) in [5.74, 6) is 1.66. The fourth-order valence-electron chi connectivity index (χ4n) is 1.93. The van der Waals surface area contributed by atoms with Crippen molar-refractivity contribution in [3.63, 3.8) is 0 Å². The summed E-state index contributed by atoms with van der Waals surface area (Å²) in [7, 11) is 0. The maximum Gasteiger partial charge on any atom is 0.245 e. The second kappa shape index (κ2) is 6.66. The summed E-state index contributed by atoms with van der Waals surface area (Å²) in [5, 5.41) is 0. The Bertz CT molecular complexity index is 538. The molecule has 0 aliphatic rings. The van der Waals surface area contributed by atoms with Crippen LogP contribution in [0, 0.1) is 5.41 Å². The number of aryl methyl sites for hydroxylation is 1. The summed E-state index contributed by atoms with van der Waals surface area (Å²) < 4.78 is 12.1. The van der Waals surface area contributed by atoms with Gasteiger partial charge in [0.1, 0.15) is 11.5 Å². The van der Waals surface area contributed by atoms with Crippen molar-refractivity contribution in [2.24, 2.45) is 5.41 Å². The lowest BCUT2D eigenvalue weighted by atomic mass is 9.96. The van der Waals surface area contributed by atoms with Gasteiger partial charge in [0.25, 0.3) is 0 Å². The minimum Gasteiger partial charge on any atom is -0.454 e.